The van der Waals surface area contributed by atoms with E-state index in [1.807, 2.05) is 18.2 Å². The van der Waals surface area contributed by atoms with E-state index in [0.29, 0.717) is 23.6 Å². The molecule has 0 aliphatic carbocycles. The molecule has 1 heterocycles. The van der Waals surface area contributed by atoms with Crippen molar-refractivity contribution in [2.75, 3.05) is 5.32 Å². The maximum Gasteiger partial charge on any atom is 0.259 e. The van der Waals surface area contributed by atoms with Crippen LogP contribution in [0.3, 0.4) is 0 Å². The molecular weight excluding hydrogens is 316 g/mol. The second-order valence-electron chi connectivity index (χ2n) is 5.60. The number of pyridine rings is 1. The van der Waals surface area contributed by atoms with Crippen molar-refractivity contribution >= 4 is 11.6 Å². The number of hydrogen-bond acceptors (Lipinski definition) is 4. The number of aromatic hydroxyl groups is 1. The summed E-state index contributed by atoms with van der Waals surface area (Å²) in [5, 5.41) is 12.8. The van der Waals surface area contributed by atoms with Crippen LogP contribution in [0.1, 0.15) is 21.5 Å². The summed E-state index contributed by atoms with van der Waals surface area (Å²) in [6.07, 6.45) is 3.45. The number of para-hydroxylation sites is 1. The molecule has 1 amide bonds. The zero-order valence-electron chi connectivity index (χ0n) is 13.8. The van der Waals surface area contributed by atoms with Crippen LogP contribution in [0.2, 0.25) is 0 Å². The number of benzene rings is 2. The zero-order chi connectivity index (χ0) is 17.6. The lowest BCUT2D eigenvalue weighted by molar-refractivity contribution is 0.102. The molecule has 0 aliphatic heterocycles. The lowest BCUT2D eigenvalue weighted by Crippen LogP contribution is -2.12. The van der Waals surface area contributed by atoms with E-state index in [2.05, 4.69) is 10.3 Å². The van der Waals surface area contributed by atoms with Gasteiger partial charge in [0.05, 0.1) is 5.56 Å². The molecule has 5 nitrogen and oxygen atoms in total. The molecule has 0 bridgehead atoms. The number of aromatic nitrogens is 1. The standard InChI is InChI=1S/C20H18N2O3/c1-14-5-2-9-18(19(14)23)20(24)22-16-7-3-8-17(11-16)25-13-15-6-4-10-21-12-15/h2-12,23H,13H2,1H3,(H,22,24). The molecule has 2 aromatic carbocycles. The summed E-state index contributed by atoms with van der Waals surface area (Å²) in [5.74, 6) is 0.254. The summed E-state index contributed by atoms with van der Waals surface area (Å²) < 4.78 is 5.72. The average molecular weight is 334 g/mol. The molecule has 3 aromatic rings. The van der Waals surface area contributed by atoms with Crippen LogP contribution in [-0.4, -0.2) is 16.0 Å². The fraction of sp³-hybridized carbons (Fsp3) is 0.100. The summed E-state index contributed by atoms with van der Waals surface area (Å²) in [5.41, 5.74) is 2.44. The highest BCUT2D eigenvalue weighted by Gasteiger charge is 2.12. The normalized spacial score (nSPS) is 10.3. The minimum atomic E-state index is -0.370. The Morgan fingerprint density at radius 2 is 2.00 bits per heavy atom. The van der Waals surface area contributed by atoms with Crippen LogP contribution < -0.4 is 10.1 Å². The molecule has 5 heteroatoms. The largest absolute Gasteiger partial charge is 0.507 e. The Kier molecular flexibility index (Phi) is 4.95. The van der Waals surface area contributed by atoms with Crippen molar-refractivity contribution in [2.45, 2.75) is 13.5 Å². The monoisotopic (exact) mass is 334 g/mol. The van der Waals surface area contributed by atoms with Gasteiger partial charge in [-0.2, -0.15) is 0 Å². The molecule has 0 radical (unpaired) electrons. The molecule has 0 saturated carbocycles. The number of amides is 1. The molecule has 0 unspecified atom stereocenters. The Morgan fingerprint density at radius 3 is 2.80 bits per heavy atom. The predicted molar refractivity (Wildman–Crippen MR) is 95.8 cm³/mol. The highest BCUT2D eigenvalue weighted by atomic mass is 16.5. The van der Waals surface area contributed by atoms with Crippen LogP contribution in [0.4, 0.5) is 5.69 Å². The number of nitrogens with zero attached hydrogens (tertiary/aromatic N) is 1. The van der Waals surface area contributed by atoms with Crippen molar-refractivity contribution in [2.24, 2.45) is 0 Å². The molecule has 0 atom stereocenters. The number of carbonyl (C=O) groups excluding carboxylic acids is 1. The Hall–Kier alpha value is -3.34. The number of hydrogen-bond donors (Lipinski definition) is 2. The molecule has 0 fully saturated rings. The van der Waals surface area contributed by atoms with Gasteiger partial charge in [-0.05, 0) is 36.8 Å². The molecule has 2 N–H and O–H groups in total. The Bertz CT molecular complexity index is 879. The van der Waals surface area contributed by atoms with Gasteiger partial charge in [0, 0.05) is 29.7 Å². The first-order chi connectivity index (χ1) is 12.1. The van der Waals surface area contributed by atoms with Crippen molar-refractivity contribution in [3.05, 3.63) is 83.7 Å². The van der Waals surface area contributed by atoms with Crippen LogP contribution in [0.25, 0.3) is 0 Å². The van der Waals surface area contributed by atoms with Gasteiger partial charge in [-0.1, -0.05) is 24.3 Å². The molecule has 0 saturated heterocycles. The van der Waals surface area contributed by atoms with Crippen molar-refractivity contribution < 1.29 is 14.6 Å². The van der Waals surface area contributed by atoms with Crippen LogP contribution >= 0.6 is 0 Å². The van der Waals surface area contributed by atoms with Crippen LogP contribution in [0, 0.1) is 6.92 Å². The fourth-order valence-corrected chi connectivity index (χ4v) is 2.35. The van der Waals surface area contributed by atoms with Gasteiger partial charge < -0.3 is 15.2 Å². The molecule has 3 rings (SSSR count). The van der Waals surface area contributed by atoms with Gasteiger partial charge in [0.25, 0.3) is 5.91 Å². The maximum absolute atomic E-state index is 12.4. The Morgan fingerprint density at radius 1 is 1.16 bits per heavy atom. The third-order valence-corrected chi connectivity index (χ3v) is 3.70. The maximum atomic E-state index is 12.4. The summed E-state index contributed by atoms with van der Waals surface area (Å²) in [4.78, 5) is 16.4. The number of aryl methyl sites for hydroxylation is 1. The quantitative estimate of drug-likeness (QED) is 0.742. The molecule has 25 heavy (non-hydrogen) atoms. The topological polar surface area (TPSA) is 71.5 Å². The van der Waals surface area contributed by atoms with E-state index >= 15 is 0 Å². The smallest absolute Gasteiger partial charge is 0.259 e. The van der Waals surface area contributed by atoms with Crippen molar-refractivity contribution in [3.63, 3.8) is 0 Å². The van der Waals surface area contributed by atoms with Crippen LogP contribution in [0.15, 0.2) is 67.0 Å². The van der Waals surface area contributed by atoms with Crippen molar-refractivity contribution in [1.29, 1.82) is 0 Å². The van der Waals surface area contributed by atoms with Crippen molar-refractivity contribution in [1.82, 2.24) is 4.98 Å². The van der Waals surface area contributed by atoms with E-state index in [4.69, 9.17) is 4.74 Å². The molecule has 1 aromatic heterocycles. The number of rotatable bonds is 5. The minimum absolute atomic E-state index is 0.0102. The predicted octanol–water partition coefficient (Wildman–Crippen LogP) is 3.93. The lowest BCUT2D eigenvalue weighted by Gasteiger charge is -2.10. The highest BCUT2D eigenvalue weighted by Crippen LogP contribution is 2.24. The SMILES string of the molecule is Cc1cccc(C(=O)Nc2cccc(OCc3cccnc3)c2)c1O. The molecule has 0 spiro atoms. The number of anilines is 1. The first-order valence-electron chi connectivity index (χ1n) is 7.85. The summed E-state index contributed by atoms with van der Waals surface area (Å²) >= 11 is 0. The van der Waals surface area contributed by atoms with Crippen LogP contribution in [-0.2, 0) is 6.61 Å². The van der Waals surface area contributed by atoms with Gasteiger partial charge in [0.2, 0.25) is 0 Å². The Balaban J connectivity index is 1.69. The second-order valence-corrected chi connectivity index (χ2v) is 5.60. The first-order valence-corrected chi connectivity index (χ1v) is 7.85. The average Bonchev–Trinajstić information content (AvgIpc) is 2.63. The molecular formula is C20H18N2O3. The highest BCUT2D eigenvalue weighted by molar-refractivity contribution is 6.06. The number of phenols is 1. The number of nitrogens with one attached hydrogen (secondary N) is 1. The van der Waals surface area contributed by atoms with Gasteiger partial charge in [-0.25, -0.2) is 0 Å². The van der Waals surface area contributed by atoms with E-state index in [0.717, 1.165) is 5.56 Å². The number of carbonyl (C=O) groups is 1. The van der Waals surface area contributed by atoms with Crippen LogP contribution in [0.5, 0.6) is 11.5 Å². The summed E-state index contributed by atoms with van der Waals surface area (Å²) in [6, 6.07) is 16.0. The summed E-state index contributed by atoms with van der Waals surface area (Å²) in [7, 11) is 0. The van der Waals surface area contributed by atoms with E-state index < -0.39 is 0 Å². The van der Waals surface area contributed by atoms with Gasteiger partial charge >= 0.3 is 0 Å². The van der Waals surface area contributed by atoms with Gasteiger partial charge in [0.15, 0.2) is 0 Å². The van der Waals surface area contributed by atoms with E-state index in [-0.39, 0.29) is 17.2 Å². The number of phenolic OH excluding ortho intramolecular Hbond substituents is 1. The van der Waals surface area contributed by atoms with E-state index in [1.165, 1.54) is 0 Å². The third kappa shape index (κ3) is 4.14. The molecule has 126 valence electrons. The van der Waals surface area contributed by atoms with Gasteiger partial charge in [0.1, 0.15) is 18.1 Å². The van der Waals surface area contributed by atoms with Gasteiger partial charge in [-0.3, -0.25) is 9.78 Å². The second kappa shape index (κ2) is 7.49. The Labute approximate surface area is 145 Å². The lowest BCUT2D eigenvalue weighted by atomic mass is 10.1. The minimum Gasteiger partial charge on any atom is -0.507 e. The molecule has 0 aliphatic rings. The van der Waals surface area contributed by atoms with Gasteiger partial charge in [-0.15, -0.1) is 0 Å². The van der Waals surface area contributed by atoms with Crippen molar-refractivity contribution in [3.8, 4) is 11.5 Å². The van der Waals surface area contributed by atoms with E-state index in [1.54, 1.807) is 55.7 Å². The summed E-state index contributed by atoms with van der Waals surface area (Å²) in [6.45, 7) is 2.14. The number of ether oxygens (including phenoxy) is 1. The first kappa shape index (κ1) is 16.5. The zero-order valence-corrected chi connectivity index (χ0v) is 13.8. The third-order valence-electron chi connectivity index (χ3n) is 3.70. The van der Waals surface area contributed by atoms with E-state index in [9.17, 15) is 9.90 Å². The fourth-order valence-electron chi connectivity index (χ4n) is 2.35.